The molecular formula is C15H16N4O3S. The van der Waals surface area contributed by atoms with Gasteiger partial charge in [-0.3, -0.25) is 9.36 Å². The van der Waals surface area contributed by atoms with Gasteiger partial charge < -0.3 is 9.63 Å². The Morgan fingerprint density at radius 2 is 2.13 bits per heavy atom. The first kappa shape index (κ1) is 15.7. The molecule has 0 atom stereocenters. The molecule has 0 spiro atoms. The van der Waals surface area contributed by atoms with Crippen LogP contribution >= 0.6 is 11.8 Å². The molecule has 0 amide bonds. The van der Waals surface area contributed by atoms with Crippen LogP contribution in [0.15, 0.2) is 38.7 Å². The molecule has 120 valence electrons. The third-order valence-corrected chi connectivity index (χ3v) is 4.22. The Morgan fingerprint density at radius 1 is 1.30 bits per heavy atom. The fourth-order valence-corrected chi connectivity index (χ4v) is 3.07. The second-order valence-corrected chi connectivity index (χ2v) is 5.91. The van der Waals surface area contributed by atoms with Crippen molar-refractivity contribution in [2.24, 2.45) is 0 Å². The largest absolute Gasteiger partial charge is 0.396 e. The highest BCUT2D eigenvalue weighted by molar-refractivity contribution is 7.98. The van der Waals surface area contributed by atoms with Crippen molar-refractivity contribution in [1.82, 2.24) is 19.7 Å². The van der Waals surface area contributed by atoms with Gasteiger partial charge in [0, 0.05) is 13.2 Å². The van der Waals surface area contributed by atoms with Crippen LogP contribution < -0.4 is 5.56 Å². The van der Waals surface area contributed by atoms with Crippen LogP contribution in [0.4, 0.5) is 0 Å². The van der Waals surface area contributed by atoms with Crippen LogP contribution in [0.1, 0.15) is 18.1 Å². The molecule has 0 aliphatic rings. The van der Waals surface area contributed by atoms with Crippen molar-refractivity contribution in [2.45, 2.75) is 30.8 Å². The average molecular weight is 332 g/mol. The number of aryl methyl sites for hydroxylation is 1. The zero-order chi connectivity index (χ0) is 16.2. The summed E-state index contributed by atoms with van der Waals surface area (Å²) in [6.07, 6.45) is 0.493. The maximum absolute atomic E-state index is 12.6. The van der Waals surface area contributed by atoms with Gasteiger partial charge in [-0.25, -0.2) is 4.98 Å². The Balaban J connectivity index is 1.97. The van der Waals surface area contributed by atoms with Gasteiger partial charge in [-0.1, -0.05) is 29.1 Å². The first-order valence-electron chi connectivity index (χ1n) is 7.21. The number of hydrogen-bond acceptors (Lipinski definition) is 7. The van der Waals surface area contributed by atoms with Gasteiger partial charge in [0.2, 0.25) is 5.89 Å². The maximum Gasteiger partial charge on any atom is 0.262 e. The van der Waals surface area contributed by atoms with E-state index < -0.39 is 0 Å². The van der Waals surface area contributed by atoms with Gasteiger partial charge in [-0.2, -0.15) is 4.98 Å². The first-order valence-corrected chi connectivity index (χ1v) is 8.20. The summed E-state index contributed by atoms with van der Waals surface area (Å²) in [5.74, 6) is 1.50. The smallest absolute Gasteiger partial charge is 0.262 e. The van der Waals surface area contributed by atoms with Gasteiger partial charge >= 0.3 is 0 Å². The number of nitrogens with zero attached hydrogens (tertiary/aromatic N) is 4. The van der Waals surface area contributed by atoms with E-state index in [1.54, 1.807) is 17.6 Å². The monoisotopic (exact) mass is 332 g/mol. The predicted molar refractivity (Wildman–Crippen MR) is 86.3 cm³/mol. The number of benzene rings is 1. The number of para-hydroxylation sites is 1. The SMILES string of the molecule is Cc1noc(CSc2nc3ccccc3c(=O)n2CCCO)n1. The summed E-state index contributed by atoms with van der Waals surface area (Å²) < 4.78 is 6.68. The van der Waals surface area contributed by atoms with Crippen molar-refractivity contribution in [1.29, 1.82) is 0 Å². The van der Waals surface area contributed by atoms with Crippen LogP contribution in [0.5, 0.6) is 0 Å². The summed E-state index contributed by atoms with van der Waals surface area (Å²) in [5, 5.41) is 14.0. The van der Waals surface area contributed by atoms with Crippen molar-refractivity contribution in [3.63, 3.8) is 0 Å². The number of aliphatic hydroxyl groups is 1. The van der Waals surface area contributed by atoms with Crippen molar-refractivity contribution >= 4 is 22.7 Å². The van der Waals surface area contributed by atoms with E-state index >= 15 is 0 Å². The van der Waals surface area contributed by atoms with E-state index in [0.29, 0.717) is 46.5 Å². The molecular weight excluding hydrogens is 316 g/mol. The molecule has 0 radical (unpaired) electrons. The predicted octanol–water partition coefficient (Wildman–Crippen LogP) is 1.76. The van der Waals surface area contributed by atoms with Crippen molar-refractivity contribution < 1.29 is 9.63 Å². The second-order valence-electron chi connectivity index (χ2n) is 4.97. The molecule has 2 heterocycles. The maximum atomic E-state index is 12.6. The second kappa shape index (κ2) is 6.93. The molecule has 8 heteroatoms. The lowest BCUT2D eigenvalue weighted by atomic mass is 10.2. The number of rotatable bonds is 6. The standard InChI is InChI=1S/C15H16N4O3S/c1-10-16-13(22-18-10)9-23-15-17-12-6-3-2-5-11(12)14(21)19(15)7-4-8-20/h2-3,5-6,20H,4,7-9H2,1H3. The van der Waals surface area contributed by atoms with Gasteiger partial charge in [0.1, 0.15) is 0 Å². The normalized spacial score (nSPS) is 11.2. The third kappa shape index (κ3) is 3.43. The summed E-state index contributed by atoms with van der Waals surface area (Å²) in [7, 11) is 0. The van der Waals surface area contributed by atoms with Crippen LogP contribution in [-0.4, -0.2) is 31.4 Å². The van der Waals surface area contributed by atoms with Crippen molar-refractivity contribution in [3.8, 4) is 0 Å². The highest BCUT2D eigenvalue weighted by Crippen LogP contribution is 2.21. The van der Waals surface area contributed by atoms with Crippen LogP contribution in [0.25, 0.3) is 10.9 Å². The minimum absolute atomic E-state index is 0.0201. The summed E-state index contributed by atoms with van der Waals surface area (Å²) >= 11 is 1.37. The van der Waals surface area contributed by atoms with Gasteiger partial charge in [-0.15, -0.1) is 0 Å². The zero-order valence-corrected chi connectivity index (χ0v) is 13.4. The van der Waals surface area contributed by atoms with E-state index in [9.17, 15) is 4.79 Å². The highest BCUT2D eigenvalue weighted by Gasteiger charge is 2.13. The highest BCUT2D eigenvalue weighted by atomic mass is 32.2. The lowest BCUT2D eigenvalue weighted by molar-refractivity contribution is 0.276. The van der Waals surface area contributed by atoms with Gasteiger partial charge in [0.25, 0.3) is 5.56 Å². The zero-order valence-electron chi connectivity index (χ0n) is 12.6. The molecule has 1 aromatic carbocycles. The molecule has 0 bridgehead atoms. The van der Waals surface area contributed by atoms with Gasteiger partial charge in [-0.05, 0) is 25.5 Å². The molecule has 3 rings (SSSR count). The Kier molecular flexibility index (Phi) is 4.73. The van der Waals surface area contributed by atoms with E-state index in [1.807, 2.05) is 18.2 Å². The summed E-state index contributed by atoms with van der Waals surface area (Å²) in [6, 6.07) is 7.24. The van der Waals surface area contributed by atoms with Gasteiger partial charge in [0.15, 0.2) is 11.0 Å². The topological polar surface area (TPSA) is 94.0 Å². The molecule has 7 nitrogen and oxygen atoms in total. The Hall–Kier alpha value is -2.19. The van der Waals surface area contributed by atoms with Crippen LogP contribution in [-0.2, 0) is 12.3 Å². The quantitative estimate of drug-likeness (QED) is 0.543. The summed E-state index contributed by atoms with van der Waals surface area (Å²) in [5.41, 5.74) is 0.551. The number of aliphatic hydroxyl groups excluding tert-OH is 1. The van der Waals surface area contributed by atoms with Crippen LogP contribution in [0.2, 0.25) is 0 Å². The van der Waals surface area contributed by atoms with Gasteiger partial charge in [0.05, 0.1) is 16.7 Å². The van der Waals surface area contributed by atoms with Crippen LogP contribution in [0.3, 0.4) is 0 Å². The molecule has 2 aromatic heterocycles. The van der Waals surface area contributed by atoms with E-state index in [0.717, 1.165) is 0 Å². The molecule has 1 N–H and O–H groups in total. The fraction of sp³-hybridized carbons (Fsp3) is 0.333. The van der Waals surface area contributed by atoms with Crippen molar-refractivity contribution in [2.75, 3.05) is 6.61 Å². The Labute approximate surface area is 136 Å². The first-order chi connectivity index (χ1) is 11.2. The summed E-state index contributed by atoms with van der Waals surface area (Å²) in [6.45, 7) is 2.19. The molecule has 0 unspecified atom stereocenters. The molecule has 0 aliphatic heterocycles. The molecule has 0 saturated heterocycles. The number of aromatic nitrogens is 4. The summed E-state index contributed by atoms with van der Waals surface area (Å²) in [4.78, 5) is 21.4. The molecule has 0 fully saturated rings. The third-order valence-electron chi connectivity index (χ3n) is 3.26. The van der Waals surface area contributed by atoms with Crippen LogP contribution in [0, 0.1) is 6.92 Å². The van der Waals surface area contributed by atoms with Crippen molar-refractivity contribution in [3.05, 3.63) is 46.3 Å². The number of fused-ring (bicyclic) bond motifs is 1. The lowest BCUT2D eigenvalue weighted by Crippen LogP contribution is -2.24. The van der Waals surface area contributed by atoms with E-state index in [2.05, 4.69) is 15.1 Å². The minimum Gasteiger partial charge on any atom is -0.396 e. The molecule has 0 aliphatic carbocycles. The Morgan fingerprint density at radius 3 is 2.87 bits per heavy atom. The number of thioether (sulfide) groups is 1. The fourth-order valence-electron chi connectivity index (χ4n) is 2.21. The lowest BCUT2D eigenvalue weighted by Gasteiger charge is -2.11. The average Bonchev–Trinajstić information content (AvgIpc) is 2.98. The molecule has 0 saturated carbocycles. The van der Waals surface area contributed by atoms with E-state index in [4.69, 9.17) is 9.63 Å². The molecule has 3 aromatic rings. The Bertz CT molecular complexity index is 875. The number of hydrogen-bond donors (Lipinski definition) is 1. The minimum atomic E-state index is -0.103. The molecule has 23 heavy (non-hydrogen) atoms. The van der Waals surface area contributed by atoms with E-state index in [1.165, 1.54) is 11.8 Å². The van der Waals surface area contributed by atoms with E-state index in [-0.39, 0.29) is 12.2 Å².